The lowest BCUT2D eigenvalue weighted by Crippen LogP contribution is -2.07. The van der Waals surface area contributed by atoms with E-state index in [0.717, 1.165) is 5.39 Å². The van der Waals surface area contributed by atoms with Gasteiger partial charge in [-0.2, -0.15) is 5.26 Å². The van der Waals surface area contributed by atoms with E-state index < -0.39 is 6.10 Å². The van der Waals surface area contributed by atoms with Crippen LogP contribution >= 0.6 is 0 Å². The van der Waals surface area contributed by atoms with Gasteiger partial charge in [-0.3, -0.25) is 0 Å². The highest BCUT2D eigenvalue weighted by Gasteiger charge is 2.07. The third-order valence-electron chi connectivity index (χ3n) is 1.93. The molecule has 0 aliphatic heterocycles. The zero-order chi connectivity index (χ0) is 9.97. The summed E-state index contributed by atoms with van der Waals surface area (Å²) in [5.41, 5.74) is 0.689. The second-order valence-electron chi connectivity index (χ2n) is 2.98. The largest absolute Gasteiger partial charge is 0.472 e. The van der Waals surface area contributed by atoms with Crippen LogP contribution in [0.2, 0.25) is 0 Å². The van der Waals surface area contributed by atoms with Gasteiger partial charge in [0.25, 0.3) is 0 Å². The molecule has 0 N–H and O–H groups in total. The highest BCUT2D eigenvalue weighted by atomic mass is 16.5. The molecule has 0 amide bonds. The van der Waals surface area contributed by atoms with Gasteiger partial charge in [-0.25, -0.2) is 0 Å². The van der Waals surface area contributed by atoms with E-state index in [2.05, 4.69) is 0 Å². The summed E-state index contributed by atoms with van der Waals surface area (Å²) in [6.45, 7) is 1.70. The molecule has 3 heteroatoms. The van der Waals surface area contributed by atoms with E-state index in [1.165, 1.54) is 0 Å². The van der Waals surface area contributed by atoms with Gasteiger partial charge < -0.3 is 9.15 Å². The predicted molar refractivity (Wildman–Crippen MR) is 51.9 cm³/mol. The monoisotopic (exact) mass is 187 g/mol. The number of hydrogen-bond acceptors (Lipinski definition) is 3. The van der Waals surface area contributed by atoms with Crippen molar-refractivity contribution in [2.45, 2.75) is 13.0 Å². The van der Waals surface area contributed by atoms with Crippen molar-refractivity contribution < 1.29 is 9.15 Å². The number of nitrogens with zero attached hydrogens (tertiary/aromatic N) is 1. The number of benzene rings is 1. The molecule has 0 aliphatic carbocycles. The Morgan fingerprint density at radius 3 is 3.07 bits per heavy atom. The first-order chi connectivity index (χ1) is 6.81. The standard InChI is InChI=1S/C11H9NO2/c1-8(7-12)14-10-4-2-3-9-5-6-13-11(9)10/h2-6,8H,1H3. The fraction of sp³-hybridized carbons (Fsp3) is 0.182. The average Bonchev–Trinajstić information content (AvgIpc) is 2.66. The number of ether oxygens (including phenoxy) is 1. The van der Waals surface area contributed by atoms with Crippen LogP contribution in [0.5, 0.6) is 5.75 Å². The molecular weight excluding hydrogens is 178 g/mol. The van der Waals surface area contributed by atoms with E-state index in [1.807, 2.05) is 24.3 Å². The Kier molecular flexibility index (Phi) is 2.11. The summed E-state index contributed by atoms with van der Waals surface area (Å²) in [7, 11) is 0. The topological polar surface area (TPSA) is 46.2 Å². The molecule has 0 fully saturated rings. The molecule has 70 valence electrons. The molecule has 1 unspecified atom stereocenters. The minimum atomic E-state index is -0.467. The van der Waals surface area contributed by atoms with Gasteiger partial charge in [-0.05, 0) is 19.1 Å². The number of fused-ring (bicyclic) bond motifs is 1. The van der Waals surface area contributed by atoms with Crippen molar-refractivity contribution >= 4 is 11.0 Å². The lowest BCUT2D eigenvalue weighted by Gasteiger charge is -2.06. The van der Waals surface area contributed by atoms with Crippen LogP contribution in [0.25, 0.3) is 11.0 Å². The summed E-state index contributed by atoms with van der Waals surface area (Å²) in [4.78, 5) is 0. The van der Waals surface area contributed by atoms with Gasteiger partial charge in [-0.15, -0.1) is 0 Å². The summed E-state index contributed by atoms with van der Waals surface area (Å²) < 4.78 is 10.6. The molecule has 1 aromatic heterocycles. The summed E-state index contributed by atoms with van der Waals surface area (Å²) in [5.74, 6) is 0.613. The second kappa shape index (κ2) is 3.43. The average molecular weight is 187 g/mol. The summed E-state index contributed by atoms with van der Waals surface area (Å²) in [5, 5.41) is 9.59. The SMILES string of the molecule is CC(C#N)Oc1cccc2ccoc12. The van der Waals surface area contributed by atoms with Crippen LogP contribution in [-0.4, -0.2) is 6.10 Å². The van der Waals surface area contributed by atoms with E-state index in [1.54, 1.807) is 19.3 Å². The van der Waals surface area contributed by atoms with Crippen molar-refractivity contribution in [2.75, 3.05) is 0 Å². The molecule has 1 aromatic carbocycles. The van der Waals surface area contributed by atoms with Crippen LogP contribution in [-0.2, 0) is 0 Å². The number of nitriles is 1. The molecule has 0 radical (unpaired) electrons. The zero-order valence-corrected chi connectivity index (χ0v) is 7.73. The lowest BCUT2D eigenvalue weighted by atomic mass is 10.2. The van der Waals surface area contributed by atoms with Crippen molar-refractivity contribution in [3.63, 3.8) is 0 Å². The molecule has 0 aliphatic rings. The molecule has 2 aromatic rings. The van der Waals surface area contributed by atoms with Crippen LogP contribution in [0.15, 0.2) is 34.9 Å². The Hall–Kier alpha value is -1.95. The molecule has 3 nitrogen and oxygen atoms in total. The first-order valence-corrected chi connectivity index (χ1v) is 4.34. The van der Waals surface area contributed by atoms with Crippen LogP contribution < -0.4 is 4.74 Å². The molecule has 0 saturated heterocycles. The van der Waals surface area contributed by atoms with Crippen LogP contribution in [0.4, 0.5) is 0 Å². The Morgan fingerprint density at radius 1 is 1.43 bits per heavy atom. The van der Waals surface area contributed by atoms with E-state index >= 15 is 0 Å². The number of para-hydroxylation sites is 1. The summed E-state index contributed by atoms with van der Waals surface area (Å²) >= 11 is 0. The van der Waals surface area contributed by atoms with Crippen LogP contribution in [0.3, 0.4) is 0 Å². The number of rotatable bonds is 2. The van der Waals surface area contributed by atoms with Gasteiger partial charge in [0.2, 0.25) is 0 Å². The van der Waals surface area contributed by atoms with Crippen molar-refractivity contribution in [3.8, 4) is 11.8 Å². The Balaban J connectivity index is 2.42. The van der Waals surface area contributed by atoms with Gasteiger partial charge in [0, 0.05) is 5.39 Å². The molecule has 0 spiro atoms. The minimum Gasteiger partial charge on any atom is -0.472 e. The number of hydrogen-bond donors (Lipinski definition) is 0. The van der Waals surface area contributed by atoms with E-state index in [0.29, 0.717) is 11.3 Å². The predicted octanol–water partition coefficient (Wildman–Crippen LogP) is 2.72. The third-order valence-corrected chi connectivity index (χ3v) is 1.93. The van der Waals surface area contributed by atoms with Crippen molar-refractivity contribution in [1.29, 1.82) is 5.26 Å². The quantitative estimate of drug-likeness (QED) is 0.726. The fourth-order valence-corrected chi connectivity index (χ4v) is 1.28. The Bertz CT molecular complexity index is 481. The maximum atomic E-state index is 8.61. The smallest absolute Gasteiger partial charge is 0.181 e. The highest BCUT2D eigenvalue weighted by molar-refractivity contribution is 5.82. The van der Waals surface area contributed by atoms with E-state index in [9.17, 15) is 0 Å². The van der Waals surface area contributed by atoms with Crippen LogP contribution in [0, 0.1) is 11.3 Å². The molecule has 14 heavy (non-hydrogen) atoms. The van der Waals surface area contributed by atoms with Crippen molar-refractivity contribution in [3.05, 3.63) is 30.5 Å². The molecular formula is C11H9NO2. The fourth-order valence-electron chi connectivity index (χ4n) is 1.28. The van der Waals surface area contributed by atoms with Gasteiger partial charge >= 0.3 is 0 Å². The molecule has 2 rings (SSSR count). The van der Waals surface area contributed by atoms with Gasteiger partial charge in [-0.1, -0.05) is 12.1 Å². The minimum absolute atomic E-state index is 0.467. The molecule has 0 saturated carbocycles. The highest BCUT2D eigenvalue weighted by Crippen LogP contribution is 2.26. The van der Waals surface area contributed by atoms with Crippen molar-refractivity contribution in [1.82, 2.24) is 0 Å². The van der Waals surface area contributed by atoms with E-state index in [4.69, 9.17) is 14.4 Å². The third kappa shape index (κ3) is 1.42. The van der Waals surface area contributed by atoms with Crippen molar-refractivity contribution in [2.24, 2.45) is 0 Å². The zero-order valence-electron chi connectivity index (χ0n) is 7.73. The van der Waals surface area contributed by atoms with Gasteiger partial charge in [0.05, 0.1) is 6.26 Å². The normalized spacial score (nSPS) is 12.3. The summed E-state index contributed by atoms with van der Waals surface area (Å²) in [6, 6.07) is 9.46. The Morgan fingerprint density at radius 2 is 2.29 bits per heavy atom. The van der Waals surface area contributed by atoms with Crippen LogP contribution in [0.1, 0.15) is 6.92 Å². The first kappa shape index (κ1) is 8.64. The van der Waals surface area contributed by atoms with Gasteiger partial charge in [0.1, 0.15) is 6.07 Å². The Labute approximate surface area is 81.5 Å². The molecule has 1 atom stereocenters. The maximum Gasteiger partial charge on any atom is 0.181 e. The second-order valence-corrected chi connectivity index (χ2v) is 2.98. The lowest BCUT2D eigenvalue weighted by molar-refractivity contribution is 0.276. The number of furan rings is 1. The molecule has 0 bridgehead atoms. The maximum absolute atomic E-state index is 8.61. The first-order valence-electron chi connectivity index (χ1n) is 4.34. The summed E-state index contributed by atoms with van der Waals surface area (Å²) in [6.07, 6.45) is 1.14. The molecule has 1 heterocycles. The van der Waals surface area contributed by atoms with Gasteiger partial charge in [0.15, 0.2) is 17.4 Å². The van der Waals surface area contributed by atoms with E-state index in [-0.39, 0.29) is 0 Å².